The Labute approximate surface area is 119 Å². The van der Waals surface area contributed by atoms with Crippen LogP contribution in [-0.2, 0) is 9.57 Å². The Morgan fingerprint density at radius 1 is 1.25 bits per heavy atom. The molecule has 0 heterocycles. The zero-order chi connectivity index (χ0) is 15.2. The van der Waals surface area contributed by atoms with Gasteiger partial charge in [-0.1, -0.05) is 0 Å². The van der Waals surface area contributed by atoms with E-state index in [1.54, 1.807) is 0 Å². The number of ether oxygens (including phenoxy) is 1. The summed E-state index contributed by atoms with van der Waals surface area (Å²) < 4.78 is 5.17. The van der Waals surface area contributed by atoms with Crippen LogP contribution in [0.5, 0.6) is 0 Å². The topological polar surface area (TPSA) is 90.7 Å². The smallest absolute Gasteiger partial charge is 0.407 e. The first-order valence-corrected chi connectivity index (χ1v) is 7.00. The highest BCUT2D eigenvalue weighted by Gasteiger charge is 2.23. The van der Waals surface area contributed by atoms with Gasteiger partial charge in [-0.15, -0.1) is 10.1 Å². The van der Waals surface area contributed by atoms with Gasteiger partial charge in [0.1, 0.15) is 5.60 Å². The largest absolute Gasteiger partial charge is 0.444 e. The van der Waals surface area contributed by atoms with Gasteiger partial charge in [-0.2, -0.15) is 0 Å². The summed E-state index contributed by atoms with van der Waals surface area (Å²) in [4.78, 5) is 26.0. The number of nitrogens with one attached hydrogen (secondary N) is 1. The Balaban J connectivity index is 2.16. The van der Waals surface area contributed by atoms with Gasteiger partial charge < -0.3 is 14.9 Å². The first-order valence-electron chi connectivity index (χ1n) is 7.00. The SMILES string of the molecule is CC(C)(C)OC(=O)NC[C@H]1CC[C@H](CO[N+](=O)[O-])CC1. The second-order valence-corrected chi connectivity index (χ2v) is 6.29. The molecule has 0 aromatic rings. The third-order valence-electron chi connectivity index (χ3n) is 3.32. The van der Waals surface area contributed by atoms with Crippen molar-refractivity contribution < 1.29 is 19.5 Å². The molecule has 1 aliphatic carbocycles. The molecule has 1 aliphatic rings. The van der Waals surface area contributed by atoms with E-state index in [9.17, 15) is 14.9 Å². The molecule has 1 fully saturated rings. The first kappa shape index (κ1) is 16.5. The van der Waals surface area contributed by atoms with Gasteiger partial charge in [-0.25, -0.2) is 4.79 Å². The summed E-state index contributed by atoms with van der Waals surface area (Å²) in [5.74, 6) is 0.660. The molecular weight excluding hydrogens is 264 g/mol. The molecule has 0 atom stereocenters. The number of rotatable bonds is 5. The van der Waals surface area contributed by atoms with E-state index in [-0.39, 0.29) is 12.5 Å². The van der Waals surface area contributed by atoms with E-state index >= 15 is 0 Å². The van der Waals surface area contributed by atoms with E-state index < -0.39 is 16.8 Å². The quantitative estimate of drug-likeness (QED) is 0.620. The van der Waals surface area contributed by atoms with E-state index in [4.69, 9.17) is 4.74 Å². The first-order chi connectivity index (χ1) is 9.26. The molecule has 0 spiro atoms. The third kappa shape index (κ3) is 7.16. The summed E-state index contributed by atoms with van der Waals surface area (Å²) in [6, 6.07) is 0. The molecule has 0 saturated heterocycles. The predicted octanol–water partition coefficient (Wildman–Crippen LogP) is 2.53. The second-order valence-electron chi connectivity index (χ2n) is 6.29. The standard InChI is InChI=1S/C13H24N2O5/c1-13(2,3)20-12(16)14-8-10-4-6-11(7-5-10)9-19-15(17)18/h10-11H,4-9H2,1-3H3,(H,14,16)/t10-,11-. The van der Waals surface area contributed by atoms with Crippen molar-refractivity contribution in [2.45, 2.75) is 52.1 Å². The number of alkyl carbamates (subject to hydrolysis) is 1. The molecule has 1 saturated carbocycles. The summed E-state index contributed by atoms with van der Waals surface area (Å²) in [6.07, 6.45) is 3.29. The monoisotopic (exact) mass is 288 g/mol. The van der Waals surface area contributed by atoms with Gasteiger partial charge in [0.25, 0.3) is 5.09 Å². The molecule has 0 radical (unpaired) electrons. The molecule has 1 amide bonds. The van der Waals surface area contributed by atoms with Crippen molar-refractivity contribution >= 4 is 6.09 Å². The summed E-state index contributed by atoms with van der Waals surface area (Å²) in [7, 11) is 0. The number of hydrogen-bond donors (Lipinski definition) is 1. The van der Waals surface area contributed by atoms with Gasteiger partial charge in [0, 0.05) is 6.54 Å². The Morgan fingerprint density at radius 3 is 2.30 bits per heavy atom. The molecular formula is C13H24N2O5. The van der Waals surface area contributed by atoms with E-state index in [1.165, 1.54) is 0 Å². The Bertz CT molecular complexity index is 332. The highest BCUT2D eigenvalue weighted by atomic mass is 16.9. The van der Waals surface area contributed by atoms with Crippen molar-refractivity contribution in [1.29, 1.82) is 0 Å². The molecule has 7 heteroatoms. The van der Waals surface area contributed by atoms with E-state index in [0.29, 0.717) is 12.5 Å². The van der Waals surface area contributed by atoms with Crippen LogP contribution >= 0.6 is 0 Å². The molecule has 0 unspecified atom stereocenters. The lowest BCUT2D eigenvalue weighted by Gasteiger charge is -2.28. The van der Waals surface area contributed by atoms with Gasteiger partial charge in [-0.3, -0.25) is 0 Å². The van der Waals surface area contributed by atoms with Crippen molar-refractivity contribution in [2.75, 3.05) is 13.2 Å². The normalized spacial score (nSPS) is 22.9. The lowest BCUT2D eigenvalue weighted by molar-refractivity contribution is -0.759. The molecule has 0 aliphatic heterocycles. The minimum atomic E-state index is -0.740. The van der Waals surface area contributed by atoms with E-state index in [2.05, 4.69) is 10.2 Å². The van der Waals surface area contributed by atoms with Gasteiger partial charge in [0.15, 0.2) is 0 Å². The maximum Gasteiger partial charge on any atom is 0.407 e. The zero-order valence-electron chi connectivity index (χ0n) is 12.4. The summed E-state index contributed by atoms with van der Waals surface area (Å²) in [5.41, 5.74) is -0.485. The molecule has 7 nitrogen and oxygen atoms in total. The highest BCUT2D eigenvalue weighted by molar-refractivity contribution is 5.67. The minimum Gasteiger partial charge on any atom is -0.444 e. The predicted molar refractivity (Wildman–Crippen MR) is 72.6 cm³/mol. The van der Waals surface area contributed by atoms with Crippen LogP contribution in [0.4, 0.5) is 4.79 Å². The molecule has 116 valence electrons. The van der Waals surface area contributed by atoms with Crippen LogP contribution in [0, 0.1) is 22.0 Å². The Hall–Kier alpha value is -1.53. The zero-order valence-corrected chi connectivity index (χ0v) is 12.4. The van der Waals surface area contributed by atoms with Crippen molar-refractivity contribution in [3.8, 4) is 0 Å². The minimum absolute atomic E-state index is 0.180. The molecule has 20 heavy (non-hydrogen) atoms. The van der Waals surface area contributed by atoms with E-state index in [1.807, 2.05) is 20.8 Å². The average molecular weight is 288 g/mol. The maximum absolute atomic E-state index is 11.5. The summed E-state index contributed by atoms with van der Waals surface area (Å²) in [5, 5.41) is 12.2. The van der Waals surface area contributed by atoms with Crippen molar-refractivity contribution in [3.63, 3.8) is 0 Å². The Morgan fingerprint density at radius 2 is 1.80 bits per heavy atom. The fourth-order valence-electron chi connectivity index (χ4n) is 2.31. The van der Waals surface area contributed by atoms with Gasteiger partial charge >= 0.3 is 6.09 Å². The average Bonchev–Trinajstić information content (AvgIpc) is 2.33. The van der Waals surface area contributed by atoms with Crippen LogP contribution in [0.3, 0.4) is 0 Å². The number of amides is 1. The molecule has 0 aromatic carbocycles. The molecule has 1 N–H and O–H groups in total. The highest BCUT2D eigenvalue weighted by Crippen LogP contribution is 2.28. The van der Waals surface area contributed by atoms with Crippen LogP contribution in [0.15, 0.2) is 0 Å². The lowest BCUT2D eigenvalue weighted by atomic mass is 9.82. The van der Waals surface area contributed by atoms with Gasteiger partial charge in [-0.05, 0) is 58.3 Å². The molecule has 0 aromatic heterocycles. The fourth-order valence-corrected chi connectivity index (χ4v) is 2.31. The number of carbonyl (C=O) groups is 1. The van der Waals surface area contributed by atoms with Crippen LogP contribution in [0.25, 0.3) is 0 Å². The van der Waals surface area contributed by atoms with Crippen LogP contribution in [-0.4, -0.2) is 29.9 Å². The van der Waals surface area contributed by atoms with Crippen molar-refractivity contribution in [3.05, 3.63) is 10.1 Å². The van der Waals surface area contributed by atoms with Gasteiger partial charge in [0.2, 0.25) is 0 Å². The van der Waals surface area contributed by atoms with Gasteiger partial charge in [0.05, 0.1) is 6.61 Å². The van der Waals surface area contributed by atoms with Crippen LogP contribution < -0.4 is 5.32 Å². The van der Waals surface area contributed by atoms with E-state index in [0.717, 1.165) is 25.7 Å². The number of nitrogens with zero attached hydrogens (tertiary/aromatic N) is 1. The second kappa shape index (κ2) is 7.31. The third-order valence-corrected chi connectivity index (χ3v) is 3.32. The van der Waals surface area contributed by atoms with Crippen molar-refractivity contribution in [2.24, 2.45) is 11.8 Å². The number of hydrogen-bond acceptors (Lipinski definition) is 5. The van der Waals surface area contributed by atoms with Crippen LogP contribution in [0.2, 0.25) is 0 Å². The number of carbonyl (C=O) groups excluding carboxylic acids is 1. The fraction of sp³-hybridized carbons (Fsp3) is 0.923. The Kier molecular flexibility index (Phi) is 6.04. The maximum atomic E-state index is 11.5. The van der Waals surface area contributed by atoms with Crippen molar-refractivity contribution in [1.82, 2.24) is 5.32 Å². The molecule has 1 rings (SSSR count). The molecule has 0 bridgehead atoms. The van der Waals surface area contributed by atoms with Crippen LogP contribution in [0.1, 0.15) is 46.5 Å². The summed E-state index contributed by atoms with van der Waals surface area (Å²) >= 11 is 0. The lowest BCUT2D eigenvalue weighted by Crippen LogP contribution is -2.36. The summed E-state index contributed by atoms with van der Waals surface area (Å²) in [6.45, 7) is 6.25.